The molecule has 2 aromatic rings. The van der Waals surface area contributed by atoms with Gasteiger partial charge >= 0.3 is 6.18 Å². The van der Waals surface area contributed by atoms with E-state index in [1.165, 1.54) is 9.91 Å². The van der Waals surface area contributed by atoms with E-state index in [1.54, 1.807) is 24.4 Å². The first-order chi connectivity index (χ1) is 13.2. The third kappa shape index (κ3) is 3.77. The second-order valence-electron chi connectivity index (χ2n) is 6.17. The molecule has 0 fully saturated rings. The van der Waals surface area contributed by atoms with Gasteiger partial charge in [-0.1, -0.05) is 12.1 Å². The monoisotopic (exact) mass is 395 g/mol. The van der Waals surface area contributed by atoms with E-state index in [4.69, 9.17) is 11.6 Å². The van der Waals surface area contributed by atoms with Gasteiger partial charge in [-0.2, -0.15) is 13.2 Å². The van der Waals surface area contributed by atoms with Crippen LogP contribution in [0, 0.1) is 5.82 Å². The summed E-state index contributed by atoms with van der Waals surface area (Å²) in [5.74, 6) is 4.01. The zero-order chi connectivity index (χ0) is 20.5. The number of alkyl halides is 3. The van der Waals surface area contributed by atoms with E-state index < -0.39 is 29.0 Å². The summed E-state index contributed by atoms with van der Waals surface area (Å²) in [6, 6.07) is 7.75. The lowest BCUT2D eigenvalue weighted by Crippen LogP contribution is -2.44. The Labute approximate surface area is 158 Å². The number of amides is 1. The number of nitrogens with two attached hydrogens (primary N) is 2. The molecule has 1 amide bonds. The maximum Gasteiger partial charge on any atom is 0.419 e. The van der Waals surface area contributed by atoms with E-state index in [9.17, 15) is 22.4 Å². The van der Waals surface area contributed by atoms with Gasteiger partial charge in [0.1, 0.15) is 11.6 Å². The van der Waals surface area contributed by atoms with Crippen molar-refractivity contribution in [3.63, 3.8) is 0 Å². The molecule has 0 unspecified atom stereocenters. The first-order valence-electron chi connectivity index (χ1n) is 8.28. The van der Waals surface area contributed by atoms with Crippen molar-refractivity contribution in [2.24, 2.45) is 11.6 Å². The molecule has 148 valence electrons. The SMILES string of the molecule is NC1=C(N(N)c2ccccn2)CCN(C(=O)c2cccc(C(F)(F)F)c2F)C1. The number of carbonyl (C=O) groups is 1. The number of rotatable bonds is 3. The van der Waals surface area contributed by atoms with Gasteiger partial charge in [0.05, 0.1) is 23.4 Å². The number of halogens is 4. The molecule has 0 bridgehead atoms. The number of hydrogen-bond donors (Lipinski definition) is 2. The molecule has 0 spiro atoms. The summed E-state index contributed by atoms with van der Waals surface area (Å²) in [6.07, 6.45) is -3.09. The van der Waals surface area contributed by atoms with E-state index >= 15 is 0 Å². The van der Waals surface area contributed by atoms with Gasteiger partial charge in [-0.25, -0.2) is 15.2 Å². The molecule has 1 aromatic heterocycles. The van der Waals surface area contributed by atoms with Crippen LogP contribution in [0.25, 0.3) is 0 Å². The van der Waals surface area contributed by atoms with E-state index in [2.05, 4.69) is 4.98 Å². The number of anilines is 1. The summed E-state index contributed by atoms with van der Waals surface area (Å²) in [7, 11) is 0. The topological polar surface area (TPSA) is 88.5 Å². The lowest BCUT2D eigenvalue weighted by Gasteiger charge is -2.33. The standard InChI is InChI=1S/C18H17F4N5O/c19-16-11(4-3-5-12(16)18(20,21)22)17(28)26-9-7-14(13(23)10-26)27(24)15-6-1-2-8-25-15/h1-6,8H,7,9-10,23-24H2. The predicted molar refractivity (Wildman–Crippen MR) is 94.0 cm³/mol. The number of aromatic nitrogens is 1. The minimum Gasteiger partial charge on any atom is -0.399 e. The van der Waals surface area contributed by atoms with Crippen LogP contribution in [0.1, 0.15) is 22.3 Å². The number of hydrazine groups is 1. The summed E-state index contributed by atoms with van der Waals surface area (Å²) in [4.78, 5) is 17.9. The molecule has 1 aliphatic heterocycles. The van der Waals surface area contributed by atoms with Crippen LogP contribution < -0.4 is 16.6 Å². The van der Waals surface area contributed by atoms with Gasteiger partial charge in [-0.3, -0.25) is 9.80 Å². The average molecular weight is 395 g/mol. The van der Waals surface area contributed by atoms with Crippen molar-refractivity contribution in [1.82, 2.24) is 9.88 Å². The molecule has 10 heteroatoms. The molecule has 2 heterocycles. The normalized spacial score (nSPS) is 15.0. The summed E-state index contributed by atoms with van der Waals surface area (Å²) in [5.41, 5.74) is 4.67. The summed E-state index contributed by atoms with van der Waals surface area (Å²) < 4.78 is 52.9. The van der Waals surface area contributed by atoms with E-state index in [0.29, 0.717) is 17.6 Å². The average Bonchev–Trinajstić information content (AvgIpc) is 2.67. The van der Waals surface area contributed by atoms with Crippen LogP contribution in [-0.2, 0) is 6.18 Å². The Kier molecular flexibility index (Phi) is 5.23. The molecule has 28 heavy (non-hydrogen) atoms. The molecule has 0 aliphatic carbocycles. The molecule has 6 nitrogen and oxygen atoms in total. The van der Waals surface area contributed by atoms with Crippen molar-refractivity contribution in [3.8, 4) is 0 Å². The summed E-state index contributed by atoms with van der Waals surface area (Å²) in [5, 5.41) is 1.29. The summed E-state index contributed by atoms with van der Waals surface area (Å²) >= 11 is 0. The molecule has 4 N–H and O–H groups in total. The Balaban J connectivity index is 1.83. The highest BCUT2D eigenvalue weighted by molar-refractivity contribution is 5.95. The fraction of sp³-hybridized carbons (Fsp3) is 0.222. The zero-order valence-corrected chi connectivity index (χ0v) is 14.6. The van der Waals surface area contributed by atoms with Crippen molar-refractivity contribution < 1.29 is 22.4 Å². The molecular weight excluding hydrogens is 378 g/mol. The van der Waals surface area contributed by atoms with Crippen LogP contribution >= 0.6 is 0 Å². The first kappa shape index (κ1) is 19.6. The van der Waals surface area contributed by atoms with Crippen molar-refractivity contribution in [3.05, 3.63) is 70.9 Å². The van der Waals surface area contributed by atoms with Gasteiger partial charge in [0.25, 0.3) is 5.91 Å². The minimum absolute atomic E-state index is 0.0929. The highest BCUT2D eigenvalue weighted by Gasteiger charge is 2.36. The van der Waals surface area contributed by atoms with Gasteiger partial charge < -0.3 is 10.6 Å². The van der Waals surface area contributed by atoms with Crippen LogP contribution in [-0.4, -0.2) is 28.9 Å². The quantitative estimate of drug-likeness (QED) is 0.474. The van der Waals surface area contributed by atoms with E-state index in [1.807, 2.05) is 0 Å². The third-order valence-electron chi connectivity index (χ3n) is 4.36. The minimum atomic E-state index is -4.89. The third-order valence-corrected chi connectivity index (χ3v) is 4.36. The molecule has 1 aliphatic rings. The van der Waals surface area contributed by atoms with Crippen LogP contribution in [0.5, 0.6) is 0 Å². The smallest absolute Gasteiger partial charge is 0.399 e. The number of carbonyl (C=O) groups excluding carboxylic acids is 1. The lowest BCUT2D eigenvalue weighted by molar-refractivity contribution is -0.140. The Morgan fingerprint density at radius 2 is 1.93 bits per heavy atom. The van der Waals surface area contributed by atoms with Gasteiger partial charge in [0.2, 0.25) is 0 Å². The van der Waals surface area contributed by atoms with Gasteiger partial charge in [-0.05, 0) is 24.3 Å². The van der Waals surface area contributed by atoms with Crippen molar-refractivity contribution >= 4 is 11.7 Å². The second-order valence-corrected chi connectivity index (χ2v) is 6.17. The van der Waals surface area contributed by atoms with Gasteiger partial charge in [0, 0.05) is 24.9 Å². The molecular formula is C18H17F4N5O. The molecule has 0 atom stereocenters. The van der Waals surface area contributed by atoms with Gasteiger partial charge in [0.15, 0.2) is 0 Å². The highest BCUT2D eigenvalue weighted by Crippen LogP contribution is 2.33. The maximum atomic E-state index is 14.3. The van der Waals surface area contributed by atoms with E-state index in [-0.39, 0.29) is 25.2 Å². The molecule has 0 radical (unpaired) electrons. The van der Waals surface area contributed by atoms with E-state index in [0.717, 1.165) is 12.1 Å². The Bertz CT molecular complexity index is 914. The molecule has 0 saturated carbocycles. The van der Waals surface area contributed by atoms with Crippen LogP contribution in [0.4, 0.5) is 23.4 Å². The highest BCUT2D eigenvalue weighted by atomic mass is 19.4. The molecule has 3 rings (SSSR count). The van der Waals surface area contributed by atoms with Crippen molar-refractivity contribution in [2.75, 3.05) is 18.1 Å². The number of hydrogen-bond acceptors (Lipinski definition) is 5. The first-order valence-corrected chi connectivity index (χ1v) is 8.28. The van der Waals surface area contributed by atoms with Crippen molar-refractivity contribution in [1.29, 1.82) is 0 Å². The largest absolute Gasteiger partial charge is 0.419 e. The van der Waals surface area contributed by atoms with Gasteiger partial charge in [-0.15, -0.1) is 0 Å². The Morgan fingerprint density at radius 1 is 1.18 bits per heavy atom. The zero-order valence-electron chi connectivity index (χ0n) is 14.6. The second kappa shape index (κ2) is 7.47. The Morgan fingerprint density at radius 3 is 2.54 bits per heavy atom. The van der Waals surface area contributed by atoms with Crippen molar-refractivity contribution in [2.45, 2.75) is 12.6 Å². The number of pyridine rings is 1. The van der Waals surface area contributed by atoms with Crippen LogP contribution in [0.3, 0.4) is 0 Å². The lowest BCUT2D eigenvalue weighted by atomic mass is 10.1. The fourth-order valence-corrected chi connectivity index (χ4v) is 2.95. The summed E-state index contributed by atoms with van der Waals surface area (Å²) in [6.45, 7) is 0.0233. The maximum absolute atomic E-state index is 14.3. The van der Waals surface area contributed by atoms with Crippen LogP contribution in [0.15, 0.2) is 54.0 Å². The predicted octanol–water partition coefficient (Wildman–Crippen LogP) is 2.64. The molecule has 1 aromatic carbocycles. The number of benzene rings is 1. The fourth-order valence-electron chi connectivity index (χ4n) is 2.95. The number of nitrogens with zero attached hydrogens (tertiary/aromatic N) is 3. The Hall–Kier alpha value is -3.14. The van der Waals surface area contributed by atoms with Crippen LogP contribution in [0.2, 0.25) is 0 Å². The molecule has 0 saturated heterocycles.